The lowest BCUT2D eigenvalue weighted by Gasteiger charge is -2.39. The van der Waals surface area contributed by atoms with Gasteiger partial charge in [-0.25, -0.2) is 4.98 Å². The minimum atomic E-state index is 0.0586. The van der Waals surface area contributed by atoms with E-state index in [1.807, 2.05) is 13.0 Å². The zero-order chi connectivity index (χ0) is 13.4. The van der Waals surface area contributed by atoms with Crippen molar-refractivity contribution in [3.05, 3.63) is 18.1 Å². The van der Waals surface area contributed by atoms with Crippen LogP contribution in [0, 0.1) is 6.92 Å². The van der Waals surface area contributed by atoms with Crippen LogP contribution in [0.2, 0.25) is 0 Å². The van der Waals surface area contributed by atoms with Crippen LogP contribution in [0.4, 0.5) is 5.82 Å². The number of nitrogens with zero attached hydrogens (tertiary/aromatic N) is 5. The van der Waals surface area contributed by atoms with E-state index in [4.69, 9.17) is 10.5 Å². The molecule has 2 aromatic heterocycles. The number of morpholine rings is 1. The van der Waals surface area contributed by atoms with E-state index in [1.165, 1.54) is 6.33 Å². The Morgan fingerprint density at radius 1 is 1.53 bits per heavy atom. The molecule has 2 N–H and O–H groups in total. The zero-order valence-electron chi connectivity index (χ0n) is 11.2. The second kappa shape index (κ2) is 4.75. The summed E-state index contributed by atoms with van der Waals surface area (Å²) < 4.78 is 7.45. The van der Waals surface area contributed by atoms with Crippen LogP contribution < -0.4 is 10.6 Å². The monoisotopic (exact) mass is 262 g/mol. The molecule has 0 aliphatic carbocycles. The van der Waals surface area contributed by atoms with E-state index in [1.54, 1.807) is 4.52 Å². The minimum Gasteiger partial charge on any atom is -0.373 e. The second-order valence-corrected chi connectivity index (χ2v) is 4.92. The Hall–Kier alpha value is -1.73. The first-order valence-corrected chi connectivity index (χ1v) is 6.44. The quantitative estimate of drug-likeness (QED) is 0.819. The summed E-state index contributed by atoms with van der Waals surface area (Å²) in [6.45, 7) is 6.04. The predicted molar refractivity (Wildman–Crippen MR) is 71.1 cm³/mol. The molecule has 1 fully saturated rings. The third-order valence-corrected chi connectivity index (χ3v) is 3.42. The normalized spacial score (nSPS) is 24.1. The van der Waals surface area contributed by atoms with E-state index < -0.39 is 0 Å². The van der Waals surface area contributed by atoms with Crippen molar-refractivity contribution < 1.29 is 4.74 Å². The van der Waals surface area contributed by atoms with Gasteiger partial charge >= 0.3 is 0 Å². The number of hydrogen-bond donors (Lipinski definition) is 1. The highest BCUT2D eigenvalue weighted by molar-refractivity contribution is 5.48. The molecule has 0 saturated carbocycles. The van der Waals surface area contributed by atoms with Gasteiger partial charge in [0.1, 0.15) is 12.1 Å². The molecule has 0 aromatic carbocycles. The van der Waals surface area contributed by atoms with Gasteiger partial charge in [-0.15, -0.1) is 0 Å². The number of anilines is 1. The van der Waals surface area contributed by atoms with Crippen molar-refractivity contribution in [2.24, 2.45) is 5.73 Å². The Bertz CT molecular complexity index is 583. The van der Waals surface area contributed by atoms with Gasteiger partial charge in [-0.2, -0.15) is 14.6 Å². The Morgan fingerprint density at radius 3 is 3.16 bits per heavy atom. The lowest BCUT2D eigenvalue weighted by atomic mass is 10.2. The maximum atomic E-state index is 5.71. The second-order valence-electron chi connectivity index (χ2n) is 4.92. The fourth-order valence-corrected chi connectivity index (χ4v) is 2.40. The molecular formula is C12H18N6O. The zero-order valence-corrected chi connectivity index (χ0v) is 11.2. The van der Waals surface area contributed by atoms with Crippen molar-refractivity contribution in [3.63, 3.8) is 0 Å². The Labute approximate surface area is 111 Å². The third kappa shape index (κ3) is 2.15. The maximum absolute atomic E-state index is 5.71. The Morgan fingerprint density at radius 2 is 2.37 bits per heavy atom. The van der Waals surface area contributed by atoms with E-state index in [0.717, 1.165) is 18.1 Å². The largest absolute Gasteiger partial charge is 0.373 e. The number of fused-ring (bicyclic) bond motifs is 1. The number of aromatic nitrogens is 4. The molecule has 2 aromatic rings. The van der Waals surface area contributed by atoms with Crippen LogP contribution in [0.5, 0.6) is 0 Å². The molecule has 1 aliphatic heterocycles. The molecule has 0 spiro atoms. The van der Waals surface area contributed by atoms with Crippen molar-refractivity contribution >= 4 is 11.6 Å². The Balaban J connectivity index is 2.04. The number of aryl methyl sites for hydroxylation is 1. The van der Waals surface area contributed by atoms with Gasteiger partial charge in [-0.1, -0.05) is 0 Å². The molecule has 1 aliphatic rings. The van der Waals surface area contributed by atoms with Gasteiger partial charge < -0.3 is 15.4 Å². The van der Waals surface area contributed by atoms with Crippen LogP contribution in [0.1, 0.15) is 12.6 Å². The van der Waals surface area contributed by atoms with Crippen LogP contribution in [0.25, 0.3) is 5.78 Å². The number of ether oxygens (including phenoxy) is 1. The molecule has 0 amide bonds. The van der Waals surface area contributed by atoms with Crippen LogP contribution >= 0.6 is 0 Å². The van der Waals surface area contributed by atoms with E-state index in [-0.39, 0.29) is 12.1 Å². The van der Waals surface area contributed by atoms with Crippen molar-refractivity contribution in [1.29, 1.82) is 0 Å². The molecular weight excluding hydrogens is 244 g/mol. The molecule has 2 unspecified atom stereocenters. The molecule has 102 valence electrons. The first-order valence-electron chi connectivity index (χ1n) is 6.44. The first-order chi connectivity index (χ1) is 9.19. The molecule has 0 bridgehead atoms. The van der Waals surface area contributed by atoms with Gasteiger partial charge in [0, 0.05) is 24.8 Å². The molecule has 7 nitrogen and oxygen atoms in total. The molecule has 0 radical (unpaired) electrons. The van der Waals surface area contributed by atoms with E-state index in [2.05, 4.69) is 26.9 Å². The van der Waals surface area contributed by atoms with Gasteiger partial charge in [0.2, 0.25) is 0 Å². The van der Waals surface area contributed by atoms with Crippen LogP contribution in [-0.4, -0.2) is 51.4 Å². The van der Waals surface area contributed by atoms with Gasteiger partial charge in [-0.05, 0) is 13.8 Å². The summed E-state index contributed by atoms with van der Waals surface area (Å²) in [5.74, 6) is 1.62. The fraction of sp³-hybridized carbons (Fsp3) is 0.583. The molecule has 1 saturated heterocycles. The number of hydrogen-bond acceptors (Lipinski definition) is 6. The third-order valence-electron chi connectivity index (χ3n) is 3.42. The number of nitrogens with two attached hydrogens (primary N) is 1. The summed E-state index contributed by atoms with van der Waals surface area (Å²) in [5, 5.41) is 4.25. The highest BCUT2D eigenvalue weighted by Gasteiger charge is 2.27. The molecule has 3 rings (SSSR count). The lowest BCUT2D eigenvalue weighted by Crippen LogP contribution is -2.51. The van der Waals surface area contributed by atoms with Crippen molar-refractivity contribution in [2.75, 3.05) is 24.6 Å². The molecule has 19 heavy (non-hydrogen) atoms. The predicted octanol–water partition coefficient (Wildman–Crippen LogP) is -0.0149. The summed E-state index contributed by atoms with van der Waals surface area (Å²) >= 11 is 0. The first kappa shape index (κ1) is 12.3. The van der Waals surface area contributed by atoms with Crippen LogP contribution in [0.3, 0.4) is 0 Å². The van der Waals surface area contributed by atoms with Gasteiger partial charge in [0.15, 0.2) is 0 Å². The van der Waals surface area contributed by atoms with Gasteiger partial charge in [0.05, 0.1) is 18.8 Å². The summed E-state index contributed by atoms with van der Waals surface area (Å²) in [7, 11) is 0. The SMILES string of the molecule is Cc1cc(N2CC(CN)OCC2C)n2ncnc2n1. The van der Waals surface area contributed by atoms with Gasteiger partial charge in [0.25, 0.3) is 5.78 Å². The minimum absolute atomic E-state index is 0.0586. The van der Waals surface area contributed by atoms with Crippen molar-refractivity contribution in [3.8, 4) is 0 Å². The summed E-state index contributed by atoms with van der Waals surface area (Å²) in [5.41, 5.74) is 6.64. The average molecular weight is 262 g/mol. The average Bonchev–Trinajstić information content (AvgIpc) is 2.86. The summed E-state index contributed by atoms with van der Waals surface area (Å²) in [6, 6.07) is 2.30. The number of rotatable bonds is 2. The van der Waals surface area contributed by atoms with Crippen LogP contribution in [-0.2, 0) is 4.74 Å². The van der Waals surface area contributed by atoms with E-state index in [0.29, 0.717) is 18.9 Å². The Kier molecular flexibility index (Phi) is 3.08. The highest BCUT2D eigenvalue weighted by atomic mass is 16.5. The molecule has 7 heteroatoms. The molecule has 2 atom stereocenters. The van der Waals surface area contributed by atoms with Crippen molar-refractivity contribution in [2.45, 2.75) is 26.0 Å². The van der Waals surface area contributed by atoms with Crippen LogP contribution in [0.15, 0.2) is 12.4 Å². The standard InChI is InChI=1S/C12H18N6O/c1-8-3-11(18-12(16-8)14-7-15-18)17-5-10(4-13)19-6-9(17)2/h3,7,9-10H,4-6,13H2,1-2H3. The lowest BCUT2D eigenvalue weighted by molar-refractivity contribution is 0.0278. The fourth-order valence-electron chi connectivity index (χ4n) is 2.40. The summed E-state index contributed by atoms with van der Waals surface area (Å²) in [6.07, 6.45) is 1.58. The van der Waals surface area contributed by atoms with Crippen molar-refractivity contribution in [1.82, 2.24) is 19.6 Å². The van der Waals surface area contributed by atoms with E-state index in [9.17, 15) is 0 Å². The summed E-state index contributed by atoms with van der Waals surface area (Å²) in [4.78, 5) is 10.8. The maximum Gasteiger partial charge on any atom is 0.254 e. The van der Waals surface area contributed by atoms with E-state index >= 15 is 0 Å². The highest BCUT2D eigenvalue weighted by Crippen LogP contribution is 2.22. The topological polar surface area (TPSA) is 81.6 Å². The molecule has 3 heterocycles. The smallest absolute Gasteiger partial charge is 0.254 e. The van der Waals surface area contributed by atoms with Gasteiger partial charge in [-0.3, -0.25) is 0 Å².